The zero-order valence-corrected chi connectivity index (χ0v) is 13.7. The average molecular weight is 327 g/mol. The Kier molecular flexibility index (Phi) is 5.92. The van der Waals surface area contributed by atoms with E-state index >= 15 is 0 Å². The van der Waals surface area contributed by atoms with Gasteiger partial charge in [-0.15, -0.1) is 0 Å². The lowest BCUT2D eigenvalue weighted by atomic mass is 10.0. The van der Waals surface area contributed by atoms with Crippen molar-refractivity contribution in [3.05, 3.63) is 65.8 Å². The van der Waals surface area contributed by atoms with Gasteiger partial charge in [0.1, 0.15) is 0 Å². The molecule has 0 heterocycles. The van der Waals surface area contributed by atoms with Gasteiger partial charge in [0, 0.05) is 12.1 Å². The van der Waals surface area contributed by atoms with E-state index in [1.165, 1.54) is 18.2 Å². The van der Waals surface area contributed by atoms with E-state index in [9.17, 15) is 9.59 Å². The van der Waals surface area contributed by atoms with Crippen LogP contribution in [0, 0.1) is 0 Å². The summed E-state index contributed by atoms with van der Waals surface area (Å²) in [5.74, 6) is -1.34. The predicted octanol–water partition coefficient (Wildman–Crippen LogP) is 2.20. The van der Waals surface area contributed by atoms with E-state index in [0.717, 1.165) is 12.0 Å². The quantitative estimate of drug-likeness (QED) is 0.551. The summed E-state index contributed by atoms with van der Waals surface area (Å²) >= 11 is 0. The average Bonchev–Trinajstić information content (AvgIpc) is 2.58. The third kappa shape index (κ3) is 5.10. The number of likely N-dealkylation sites (N-methyl/N-ethyl adjacent to an activating group) is 1. The minimum atomic E-state index is -1.02. The molecule has 0 bridgehead atoms. The van der Waals surface area contributed by atoms with Gasteiger partial charge in [-0.2, -0.15) is 0 Å². The van der Waals surface area contributed by atoms with E-state index < -0.39 is 5.97 Å². The van der Waals surface area contributed by atoms with Gasteiger partial charge < -0.3 is 10.0 Å². The normalized spacial score (nSPS) is 17.0. The highest BCUT2D eigenvalue weighted by atomic mass is 16.4. The van der Waals surface area contributed by atoms with Crippen LogP contribution in [-0.4, -0.2) is 42.0 Å². The van der Waals surface area contributed by atoms with E-state index in [-0.39, 0.29) is 11.5 Å². The molecule has 1 atom stereocenters. The summed E-state index contributed by atoms with van der Waals surface area (Å²) in [5.41, 5.74) is 6.83. The van der Waals surface area contributed by atoms with E-state index in [0.29, 0.717) is 11.7 Å². The maximum Gasteiger partial charge on any atom is 0.335 e. The summed E-state index contributed by atoms with van der Waals surface area (Å²) in [7, 11) is 4.06. The lowest BCUT2D eigenvalue weighted by molar-refractivity contribution is -0.116. The largest absolute Gasteiger partial charge is 0.478 e. The third-order valence-electron chi connectivity index (χ3n) is 3.64. The highest BCUT2D eigenvalue weighted by Crippen LogP contribution is 2.14. The summed E-state index contributed by atoms with van der Waals surface area (Å²) in [5, 5.41) is 8.93. The smallest absolute Gasteiger partial charge is 0.335 e. The fourth-order valence-electron chi connectivity index (χ4n) is 2.21. The van der Waals surface area contributed by atoms with Gasteiger partial charge in [-0.3, -0.25) is 15.6 Å². The zero-order chi connectivity index (χ0) is 17.5. The Morgan fingerprint density at radius 3 is 2.75 bits per heavy atom. The molecule has 1 amide bonds. The molecule has 1 aliphatic rings. The number of rotatable bonds is 6. The zero-order valence-electron chi connectivity index (χ0n) is 13.7. The molecular weight excluding hydrogens is 306 g/mol. The first-order chi connectivity index (χ1) is 11.5. The number of aromatic carboxylic acids is 1. The molecule has 0 radical (unpaired) electrons. The topological polar surface area (TPSA) is 81.7 Å². The van der Waals surface area contributed by atoms with Crippen LogP contribution in [0.4, 0.5) is 5.69 Å². The number of hydrogen-bond acceptors (Lipinski definition) is 4. The van der Waals surface area contributed by atoms with E-state index in [4.69, 9.17) is 5.11 Å². The van der Waals surface area contributed by atoms with Gasteiger partial charge in [0.15, 0.2) is 0 Å². The van der Waals surface area contributed by atoms with Crippen molar-refractivity contribution in [2.24, 2.45) is 0 Å². The summed E-state index contributed by atoms with van der Waals surface area (Å²) in [6.45, 7) is 0. The van der Waals surface area contributed by atoms with Gasteiger partial charge in [-0.25, -0.2) is 4.79 Å². The molecule has 0 aliphatic heterocycles. The van der Waals surface area contributed by atoms with Crippen LogP contribution < -0.4 is 10.9 Å². The van der Waals surface area contributed by atoms with Crippen LogP contribution >= 0.6 is 0 Å². The number of allylic oxidation sites excluding steroid dienone is 3. The van der Waals surface area contributed by atoms with Crippen molar-refractivity contribution in [1.29, 1.82) is 0 Å². The number of amides is 1. The molecule has 3 N–H and O–H groups in total. The molecule has 0 fully saturated rings. The molecule has 1 aromatic rings. The summed E-state index contributed by atoms with van der Waals surface area (Å²) < 4.78 is 0. The van der Waals surface area contributed by atoms with Gasteiger partial charge >= 0.3 is 5.97 Å². The van der Waals surface area contributed by atoms with Crippen molar-refractivity contribution < 1.29 is 14.7 Å². The first-order valence-corrected chi connectivity index (χ1v) is 7.58. The first kappa shape index (κ1) is 17.5. The Hall–Kier alpha value is -2.86. The molecule has 2 rings (SSSR count). The van der Waals surface area contributed by atoms with Crippen molar-refractivity contribution >= 4 is 17.6 Å². The van der Waals surface area contributed by atoms with Gasteiger partial charge in [0.05, 0.1) is 11.3 Å². The Bertz CT molecular complexity index is 705. The number of benzene rings is 1. The van der Waals surface area contributed by atoms with Crippen LogP contribution in [0.3, 0.4) is 0 Å². The number of carbonyl (C=O) groups excluding carboxylic acids is 1. The molecule has 0 saturated heterocycles. The second-order valence-electron chi connectivity index (χ2n) is 5.66. The molecule has 126 valence electrons. The van der Waals surface area contributed by atoms with Crippen LogP contribution in [0.1, 0.15) is 16.8 Å². The van der Waals surface area contributed by atoms with E-state index in [1.807, 2.05) is 20.2 Å². The van der Waals surface area contributed by atoms with Crippen molar-refractivity contribution in [3.63, 3.8) is 0 Å². The Morgan fingerprint density at radius 1 is 1.33 bits per heavy atom. The number of hydrogen-bond donors (Lipinski definition) is 3. The molecule has 24 heavy (non-hydrogen) atoms. The number of hydrazine groups is 1. The van der Waals surface area contributed by atoms with Crippen LogP contribution in [-0.2, 0) is 4.79 Å². The predicted molar refractivity (Wildman–Crippen MR) is 93.6 cm³/mol. The number of carboxylic acids is 1. The van der Waals surface area contributed by atoms with E-state index in [2.05, 4.69) is 27.9 Å². The van der Waals surface area contributed by atoms with Gasteiger partial charge in [-0.1, -0.05) is 24.3 Å². The molecule has 0 saturated carbocycles. The Labute approximate surface area is 141 Å². The van der Waals surface area contributed by atoms with Crippen LogP contribution in [0.5, 0.6) is 0 Å². The summed E-state index contributed by atoms with van der Waals surface area (Å²) in [6, 6.07) is 6.59. The first-order valence-electron chi connectivity index (χ1n) is 7.58. The fourth-order valence-corrected chi connectivity index (χ4v) is 2.21. The maximum atomic E-state index is 11.8. The molecule has 6 nitrogen and oxygen atoms in total. The molecule has 1 unspecified atom stereocenters. The molecule has 0 spiro atoms. The molecule has 6 heteroatoms. The molecule has 0 aromatic heterocycles. The number of carbonyl (C=O) groups is 2. The molecule has 1 aromatic carbocycles. The Balaban J connectivity index is 1.85. The number of nitrogens with zero attached hydrogens (tertiary/aromatic N) is 1. The van der Waals surface area contributed by atoms with Crippen molar-refractivity contribution in [3.8, 4) is 0 Å². The van der Waals surface area contributed by atoms with Gasteiger partial charge in [0.25, 0.3) is 5.91 Å². The third-order valence-corrected chi connectivity index (χ3v) is 3.64. The highest BCUT2D eigenvalue weighted by molar-refractivity contribution is 5.90. The SMILES string of the molecule is CN(C)C1C=CC(C=CC(=O)NNc2cccc(C(=O)O)c2)=CC1. The van der Waals surface area contributed by atoms with Crippen molar-refractivity contribution in [1.82, 2.24) is 10.3 Å². The lowest BCUT2D eigenvalue weighted by Gasteiger charge is -2.22. The Morgan fingerprint density at radius 2 is 2.12 bits per heavy atom. The number of carboxylic acid groups (broad SMARTS) is 1. The highest BCUT2D eigenvalue weighted by Gasteiger charge is 2.09. The maximum absolute atomic E-state index is 11.8. The van der Waals surface area contributed by atoms with Gasteiger partial charge in [-0.05, 0) is 50.4 Å². The number of nitrogens with one attached hydrogen (secondary N) is 2. The fraction of sp³-hybridized carbons (Fsp3) is 0.222. The second-order valence-corrected chi connectivity index (χ2v) is 5.66. The molecular formula is C18H21N3O3. The second kappa shape index (κ2) is 8.12. The minimum Gasteiger partial charge on any atom is -0.478 e. The lowest BCUT2D eigenvalue weighted by Crippen LogP contribution is -2.27. The summed E-state index contributed by atoms with van der Waals surface area (Å²) in [4.78, 5) is 24.8. The standard InChI is InChI=1S/C18H21N3O3/c1-21(2)16-9-6-13(7-10-16)8-11-17(22)20-19-15-5-3-4-14(12-15)18(23)24/h3-9,11-12,16,19H,10H2,1-2H3,(H,20,22)(H,23,24). The van der Waals surface area contributed by atoms with Crippen LogP contribution in [0.15, 0.2) is 60.2 Å². The van der Waals surface area contributed by atoms with Crippen molar-refractivity contribution in [2.75, 3.05) is 19.5 Å². The van der Waals surface area contributed by atoms with Crippen LogP contribution in [0.25, 0.3) is 0 Å². The monoisotopic (exact) mass is 327 g/mol. The van der Waals surface area contributed by atoms with E-state index in [1.54, 1.807) is 18.2 Å². The molecule has 1 aliphatic carbocycles. The minimum absolute atomic E-state index is 0.151. The summed E-state index contributed by atoms with van der Waals surface area (Å²) in [6.07, 6.45) is 10.3. The number of anilines is 1. The van der Waals surface area contributed by atoms with Crippen LogP contribution in [0.2, 0.25) is 0 Å². The van der Waals surface area contributed by atoms with Crippen molar-refractivity contribution in [2.45, 2.75) is 12.5 Å². The van der Waals surface area contributed by atoms with Gasteiger partial charge in [0.2, 0.25) is 0 Å².